The van der Waals surface area contributed by atoms with E-state index in [4.69, 9.17) is 4.74 Å². The van der Waals surface area contributed by atoms with Crippen LogP contribution in [0.2, 0.25) is 0 Å². The van der Waals surface area contributed by atoms with E-state index >= 15 is 0 Å². The molecule has 1 atom stereocenters. The van der Waals surface area contributed by atoms with Gasteiger partial charge in [0.05, 0.1) is 12.2 Å². The first-order valence-electron chi connectivity index (χ1n) is 7.52. The van der Waals surface area contributed by atoms with Gasteiger partial charge in [0.15, 0.2) is 5.84 Å². The van der Waals surface area contributed by atoms with Gasteiger partial charge in [-0.3, -0.25) is 9.67 Å². The number of halogens is 2. The summed E-state index contributed by atoms with van der Waals surface area (Å²) < 4.78 is 20.6. The molecule has 0 amide bonds. The topological polar surface area (TPSA) is 81.4 Å². The van der Waals surface area contributed by atoms with Crippen LogP contribution in [0.15, 0.2) is 45.8 Å². The number of nitrogens with zero attached hydrogens (tertiary/aromatic N) is 4. The second-order valence-corrected chi connectivity index (χ2v) is 6.11. The van der Waals surface area contributed by atoms with E-state index in [1.165, 1.54) is 18.3 Å². The summed E-state index contributed by atoms with van der Waals surface area (Å²) in [7, 11) is 1.74. The van der Waals surface area contributed by atoms with Gasteiger partial charge in [-0.05, 0) is 24.6 Å². The molecule has 0 spiro atoms. The summed E-state index contributed by atoms with van der Waals surface area (Å²) in [6.07, 6.45) is 3.07. The molecule has 2 aromatic rings. The largest absolute Gasteiger partial charge is 0.463 e. The molecule has 25 heavy (non-hydrogen) atoms. The summed E-state index contributed by atoms with van der Waals surface area (Å²) in [5.74, 6) is -0.0745. The number of aryl methyl sites for hydroxylation is 1. The molecule has 1 aromatic carbocycles. The molecule has 9 heteroatoms. The van der Waals surface area contributed by atoms with E-state index in [0.29, 0.717) is 27.3 Å². The fraction of sp³-hybridized carbons (Fsp3) is 0.250. The standard InChI is InChI=1S/C16H15BrFN5O2/c1-3-25-16(24)11-7-19-14(15-20-8-23(2)22-15)21-13(11)10-5-4-9(18)6-12(10)17/h4-8,13H,3H2,1-2H3,(H,19,21). The molecule has 1 aliphatic rings. The summed E-state index contributed by atoms with van der Waals surface area (Å²) >= 11 is 3.33. The van der Waals surface area contributed by atoms with Crippen molar-refractivity contribution in [1.82, 2.24) is 20.1 Å². The Balaban J connectivity index is 2.04. The third kappa shape index (κ3) is 3.60. The number of nitrogens with one attached hydrogen (secondary N) is 1. The summed E-state index contributed by atoms with van der Waals surface area (Å²) in [5.41, 5.74) is 0.949. The average molecular weight is 408 g/mol. The minimum atomic E-state index is -0.672. The van der Waals surface area contributed by atoms with Crippen LogP contribution in [0.1, 0.15) is 24.4 Å². The molecular weight excluding hydrogens is 393 g/mol. The predicted molar refractivity (Wildman–Crippen MR) is 92.2 cm³/mol. The van der Waals surface area contributed by atoms with Gasteiger partial charge in [-0.25, -0.2) is 14.2 Å². The van der Waals surface area contributed by atoms with Crippen molar-refractivity contribution in [2.24, 2.45) is 12.0 Å². The Hall–Kier alpha value is -2.55. The van der Waals surface area contributed by atoms with Gasteiger partial charge in [0.2, 0.25) is 5.82 Å². The monoisotopic (exact) mass is 407 g/mol. The van der Waals surface area contributed by atoms with Gasteiger partial charge in [-0.1, -0.05) is 22.0 Å². The van der Waals surface area contributed by atoms with Gasteiger partial charge >= 0.3 is 5.97 Å². The SMILES string of the molecule is CCOC(=O)C1=CNC(c2ncn(C)n2)=NC1c1ccc(F)cc1Br. The Morgan fingerprint density at radius 1 is 1.48 bits per heavy atom. The number of carbonyl (C=O) groups excluding carboxylic acids is 1. The van der Waals surface area contributed by atoms with Crippen molar-refractivity contribution in [3.05, 3.63) is 58.0 Å². The van der Waals surface area contributed by atoms with Crippen molar-refractivity contribution in [3.63, 3.8) is 0 Å². The van der Waals surface area contributed by atoms with Crippen LogP contribution in [0.4, 0.5) is 4.39 Å². The highest BCUT2D eigenvalue weighted by Gasteiger charge is 2.29. The van der Waals surface area contributed by atoms with E-state index in [1.54, 1.807) is 31.0 Å². The average Bonchev–Trinajstić information content (AvgIpc) is 3.01. The molecule has 0 bridgehead atoms. The molecule has 3 rings (SSSR count). The number of ether oxygens (including phenoxy) is 1. The number of amidine groups is 1. The molecule has 1 unspecified atom stereocenters. The first-order chi connectivity index (χ1) is 12.0. The Morgan fingerprint density at radius 3 is 2.92 bits per heavy atom. The second-order valence-electron chi connectivity index (χ2n) is 5.25. The molecule has 0 fully saturated rings. The van der Waals surface area contributed by atoms with E-state index < -0.39 is 12.0 Å². The second kappa shape index (κ2) is 7.14. The van der Waals surface area contributed by atoms with Crippen LogP contribution in [0.3, 0.4) is 0 Å². The molecule has 1 aromatic heterocycles. The minimum absolute atomic E-state index is 0.242. The molecule has 0 saturated heterocycles. The van der Waals surface area contributed by atoms with Crippen molar-refractivity contribution in [2.45, 2.75) is 13.0 Å². The quantitative estimate of drug-likeness (QED) is 0.786. The van der Waals surface area contributed by atoms with Gasteiger partial charge in [0, 0.05) is 17.7 Å². The third-order valence-electron chi connectivity index (χ3n) is 3.50. The van der Waals surface area contributed by atoms with E-state index in [9.17, 15) is 9.18 Å². The normalized spacial score (nSPS) is 16.7. The summed E-state index contributed by atoms with van der Waals surface area (Å²) in [6, 6.07) is 3.55. The number of benzene rings is 1. The highest BCUT2D eigenvalue weighted by atomic mass is 79.9. The smallest absolute Gasteiger partial charge is 0.338 e. The van der Waals surface area contributed by atoms with Crippen molar-refractivity contribution >= 4 is 27.7 Å². The van der Waals surface area contributed by atoms with Gasteiger partial charge in [0.1, 0.15) is 18.2 Å². The van der Waals surface area contributed by atoms with Gasteiger partial charge in [-0.15, -0.1) is 5.10 Å². The highest BCUT2D eigenvalue weighted by Crippen LogP contribution is 2.34. The van der Waals surface area contributed by atoms with Crippen LogP contribution in [-0.4, -0.2) is 33.2 Å². The zero-order valence-electron chi connectivity index (χ0n) is 13.5. The van der Waals surface area contributed by atoms with Gasteiger partial charge < -0.3 is 10.1 Å². The van der Waals surface area contributed by atoms with Crippen LogP contribution in [-0.2, 0) is 16.6 Å². The Kier molecular flexibility index (Phi) is 4.93. The number of esters is 1. The van der Waals surface area contributed by atoms with Crippen molar-refractivity contribution < 1.29 is 13.9 Å². The number of hydrogen-bond donors (Lipinski definition) is 1. The maximum atomic E-state index is 13.4. The number of aromatic nitrogens is 3. The lowest BCUT2D eigenvalue weighted by molar-refractivity contribution is -0.138. The number of hydrogen-bond acceptors (Lipinski definition) is 6. The zero-order chi connectivity index (χ0) is 18.0. The number of aliphatic imine (C=N–C) groups is 1. The van der Waals surface area contributed by atoms with E-state index in [-0.39, 0.29) is 12.4 Å². The van der Waals surface area contributed by atoms with Crippen LogP contribution in [0, 0.1) is 5.82 Å². The molecular formula is C16H15BrFN5O2. The van der Waals surface area contributed by atoms with Crippen molar-refractivity contribution in [3.8, 4) is 0 Å². The maximum Gasteiger partial charge on any atom is 0.338 e. The molecule has 7 nitrogen and oxygen atoms in total. The molecule has 130 valence electrons. The zero-order valence-corrected chi connectivity index (χ0v) is 15.1. The van der Waals surface area contributed by atoms with Crippen LogP contribution >= 0.6 is 15.9 Å². The molecule has 0 aliphatic carbocycles. The van der Waals surface area contributed by atoms with Crippen molar-refractivity contribution in [1.29, 1.82) is 0 Å². The van der Waals surface area contributed by atoms with Gasteiger partial charge in [0.25, 0.3) is 0 Å². The van der Waals surface area contributed by atoms with Gasteiger partial charge in [-0.2, -0.15) is 0 Å². The first-order valence-corrected chi connectivity index (χ1v) is 8.31. The Morgan fingerprint density at radius 2 is 2.28 bits per heavy atom. The fourth-order valence-electron chi connectivity index (χ4n) is 2.38. The third-order valence-corrected chi connectivity index (χ3v) is 4.18. The summed E-state index contributed by atoms with van der Waals surface area (Å²) in [6.45, 7) is 1.97. The van der Waals surface area contributed by atoms with Crippen molar-refractivity contribution in [2.75, 3.05) is 6.61 Å². The lowest BCUT2D eigenvalue weighted by Gasteiger charge is -2.22. The Labute approximate surface area is 151 Å². The van der Waals surface area contributed by atoms with E-state index in [2.05, 4.69) is 36.3 Å². The minimum Gasteiger partial charge on any atom is -0.463 e. The summed E-state index contributed by atoms with van der Waals surface area (Å²) in [5, 5.41) is 7.13. The number of carbonyl (C=O) groups is 1. The highest BCUT2D eigenvalue weighted by molar-refractivity contribution is 9.10. The molecule has 1 N–H and O–H groups in total. The lowest BCUT2D eigenvalue weighted by atomic mass is 9.98. The first kappa shape index (κ1) is 17.3. The lowest BCUT2D eigenvalue weighted by Crippen LogP contribution is -2.30. The van der Waals surface area contributed by atoms with Crippen LogP contribution in [0.5, 0.6) is 0 Å². The molecule has 1 aliphatic heterocycles. The Bertz CT molecular complexity index is 877. The predicted octanol–water partition coefficient (Wildman–Crippen LogP) is 2.25. The van der Waals surface area contributed by atoms with Crippen LogP contribution < -0.4 is 5.32 Å². The maximum absolute atomic E-state index is 13.4. The molecule has 0 saturated carbocycles. The number of rotatable bonds is 4. The van der Waals surface area contributed by atoms with Crippen LogP contribution in [0.25, 0.3) is 0 Å². The fourth-order valence-corrected chi connectivity index (χ4v) is 2.94. The van der Waals surface area contributed by atoms with E-state index in [1.807, 2.05) is 0 Å². The van der Waals surface area contributed by atoms with E-state index in [0.717, 1.165) is 0 Å². The molecule has 2 heterocycles. The summed E-state index contributed by atoms with van der Waals surface area (Å²) in [4.78, 5) is 21.0. The molecule has 0 radical (unpaired) electrons.